The third-order valence-corrected chi connectivity index (χ3v) is 6.16. The van der Waals surface area contributed by atoms with Crippen molar-refractivity contribution in [1.29, 1.82) is 0 Å². The van der Waals surface area contributed by atoms with Gasteiger partial charge in [0.15, 0.2) is 4.80 Å². The molecule has 0 aliphatic heterocycles. The highest BCUT2D eigenvalue weighted by Crippen LogP contribution is 2.28. The van der Waals surface area contributed by atoms with Gasteiger partial charge in [-0.1, -0.05) is 57.9 Å². The Balaban J connectivity index is 1.76. The quantitative estimate of drug-likeness (QED) is 0.327. The van der Waals surface area contributed by atoms with E-state index in [1.165, 1.54) is 5.56 Å². The number of nitrogens with zero attached hydrogens (tertiary/aromatic N) is 3. The van der Waals surface area contributed by atoms with Crippen LogP contribution in [0.5, 0.6) is 0 Å². The molecule has 0 radical (unpaired) electrons. The van der Waals surface area contributed by atoms with E-state index in [0.717, 1.165) is 44.2 Å². The number of benzene rings is 2. The molecule has 0 atom stereocenters. The highest BCUT2D eigenvalue weighted by atomic mass is 79.9. The van der Waals surface area contributed by atoms with Crippen LogP contribution < -0.4 is 4.80 Å². The molecule has 2 heterocycles. The first-order chi connectivity index (χ1) is 13.7. The lowest BCUT2D eigenvalue weighted by atomic mass is 10.1. The van der Waals surface area contributed by atoms with Crippen LogP contribution in [0, 0.1) is 0 Å². The normalized spacial score (nSPS) is 11.7. The zero-order chi connectivity index (χ0) is 19.3. The molecule has 28 heavy (non-hydrogen) atoms. The molecule has 0 fully saturated rings. The summed E-state index contributed by atoms with van der Waals surface area (Å²) in [5.74, 6) is 0. The van der Waals surface area contributed by atoms with Gasteiger partial charge < -0.3 is 4.57 Å². The van der Waals surface area contributed by atoms with E-state index >= 15 is 0 Å². The molecule has 0 spiro atoms. The average molecular weight is 471 g/mol. The molecular formula is C22H17BrClN3S. The van der Waals surface area contributed by atoms with Gasteiger partial charge in [-0.2, -0.15) is 0 Å². The van der Waals surface area contributed by atoms with E-state index in [-0.39, 0.29) is 0 Å². The molecule has 0 bridgehead atoms. The molecule has 3 nitrogen and oxygen atoms in total. The van der Waals surface area contributed by atoms with Crippen molar-refractivity contribution in [3.8, 4) is 11.3 Å². The maximum absolute atomic E-state index is 6.02. The maximum atomic E-state index is 6.02. The van der Waals surface area contributed by atoms with Crippen LogP contribution in [0.15, 0.2) is 87.9 Å². The van der Waals surface area contributed by atoms with E-state index < -0.39 is 0 Å². The van der Waals surface area contributed by atoms with Gasteiger partial charge in [0.25, 0.3) is 0 Å². The van der Waals surface area contributed by atoms with E-state index in [4.69, 9.17) is 16.6 Å². The second-order valence-corrected chi connectivity index (χ2v) is 8.36. The van der Waals surface area contributed by atoms with Crippen LogP contribution in [0.2, 0.25) is 5.02 Å². The highest BCUT2D eigenvalue weighted by Gasteiger charge is 2.11. The lowest BCUT2D eigenvalue weighted by molar-refractivity contribution is 0.683. The molecule has 0 aliphatic carbocycles. The minimum atomic E-state index is 0.758. The Labute approximate surface area is 181 Å². The first-order valence-corrected chi connectivity index (χ1v) is 10.9. The topological polar surface area (TPSA) is 30.2 Å². The van der Waals surface area contributed by atoms with E-state index in [2.05, 4.69) is 61.2 Å². The molecule has 0 N–H and O–H groups in total. The van der Waals surface area contributed by atoms with Crippen LogP contribution in [-0.2, 0) is 13.0 Å². The van der Waals surface area contributed by atoms with Gasteiger partial charge in [-0.15, -0.1) is 11.3 Å². The van der Waals surface area contributed by atoms with Crippen LogP contribution >= 0.6 is 38.9 Å². The fraction of sp³-hybridized carbons (Fsp3) is 0.0909. The van der Waals surface area contributed by atoms with Crippen LogP contribution in [0.25, 0.3) is 11.3 Å². The lowest BCUT2D eigenvalue weighted by Crippen LogP contribution is -2.17. The fourth-order valence-electron chi connectivity index (χ4n) is 2.94. The molecule has 4 rings (SSSR count). The smallest absolute Gasteiger partial charge is 0.190 e. The largest absolute Gasteiger partial charge is 0.316 e. The van der Waals surface area contributed by atoms with Crippen LogP contribution in [0.3, 0.4) is 0 Å². The van der Waals surface area contributed by atoms with Crippen molar-refractivity contribution < 1.29 is 0 Å². The Morgan fingerprint density at radius 3 is 2.61 bits per heavy atom. The number of hydrogen-bond donors (Lipinski definition) is 0. The summed E-state index contributed by atoms with van der Waals surface area (Å²) in [6.45, 7) is 0.820. The van der Waals surface area contributed by atoms with Gasteiger partial charge in [0.2, 0.25) is 0 Å². The molecule has 2 aromatic carbocycles. The summed E-state index contributed by atoms with van der Waals surface area (Å²) < 4.78 is 3.34. The minimum absolute atomic E-state index is 0.758. The second kappa shape index (κ2) is 8.86. The van der Waals surface area contributed by atoms with Crippen LogP contribution in [-0.4, -0.2) is 9.55 Å². The third-order valence-electron chi connectivity index (χ3n) is 4.36. The number of pyridine rings is 1. The van der Waals surface area contributed by atoms with Gasteiger partial charge >= 0.3 is 0 Å². The summed E-state index contributed by atoms with van der Waals surface area (Å²) in [5, 5.41) is 2.92. The molecule has 0 amide bonds. The SMILES string of the molecule is Clc1ccc(CCn2c(-c3ccccc3Br)csc2=Nc2cccnc2)cc1. The summed E-state index contributed by atoms with van der Waals surface area (Å²) in [7, 11) is 0. The van der Waals surface area contributed by atoms with Crippen molar-refractivity contribution in [3.63, 3.8) is 0 Å². The van der Waals surface area contributed by atoms with Crippen molar-refractivity contribution in [2.45, 2.75) is 13.0 Å². The zero-order valence-corrected chi connectivity index (χ0v) is 18.1. The van der Waals surface area contributed by atoms with E-state index in [0.29, 0.717) is 0 Å². The van der Waals surface area contributed by atoms with E-state index in [1.807, 2.05) is 30.3 Å². The number of thiazole rings is 1. The summed E-state index contributed by atoms with van der Waals surface area (Å²) in [6.07, 6.45) is 4.43. The summed E-state index contributed by atoms with van der Waals surface area (Å²) >= 11 is 11.3. The lowest BCUT2D eigenvalue weighted by Gasteiger charge is -2.11. The molecular weight excluding hydrogens is 454 g/mol. The number of hydrogen-bond acceptors (Lipinski definition) is 3. The van der Waals surface area contributed by atoms with Gasteiger partial charge in [0.05, 0.1) is 17.6 Å². The average Bonchev–Trinajstić information content (AvgIpc) is 3.11. The second-order valence-electron chi connectivity index (χ2n) is 6.23. The Hall–Kier alpha value is -2.21. The summed E-state index contributed by atoms with van der Waals surface area (Å²) in [4.78, 5) is 9.95. The zero-order valence-electron chi connectivity index (χ0n) is 14.9. The molecule has 0 unspecified atom stereocenters. The first kappa shape index (κ1) is 19.1. The van der Waals surface area contributed by atoms with Crippen molar-refractivity contribution in [2.24, 2.45) is 4.99 Å². The Morgan fingerprint density at radius 1 is 1.04 bits per heavy atom. The highest BCUT2D eigenvalue weighted by molar-refractivity contribution is 9.10. The van der Waals surface area contributed by atoms with Gasteiger partial charge in [-0.25, -0.2) is 4.99 Å². The molecule has 0 saturated heterocycles. The Morgan fingerprint density at radius 2 is 1.86 bits per heavy atom. The van der Waals surface area contributed by atoms with Crippen molar-refractivity contribution in [1.82, 2.24) is 9.55 Å². The summed E-state index contributed by atoms with van der Waals surface area (Å²) in [5.41, 5.74) is 4.40. The van der Waals surface area contributed by atoms with Crippen molar-refractivity contribution in [3.05, 3.63) is 98.3 Å². The van der Waals surface area contributed by atoms with Gasteiger partial charge in [0.1, 0.15) is 0 Å². The molecule has 2 aromatic heterocycles. The molecule has 4 aromatic rings. The van der Waals surface area contributed by atoms with Crippen LogP contribution in [0.1, 0.15) is 5.56 Å². The maximum Gasteiger partial charge on any atom is 0.190 e. The molecule has 0 aliphatic rings. The van der Waals surface area contributed by atoms with Gasteiger partial charge in [-0.3, -0.25) is 4.98 Å². The predicted molar refractivity (Wildman–Crippen MR) is 120 cm³/mol. The molecule has 6 heteroatoms. The monoisotopic (exact) mass is 469 g/mol. The van der Waals surface area contributed by atoms with Gasteiger partial charge in [0, 0.05) is 33.2 Å². The Kier molecular flexibility index (Phi) is 6.05. The van der Waals surface area contributed by atoms with Crippen molar-refractivity contribution >= 4 is 44.6 Å². The van der Waals surface area contributed by atoms with Crippen LogP contribution in [0.4, 0.5) is 5.69 Å². The van der Waals surface area contributed by atoms with Gasteiger partial charge in [-0.05, 0) is 42.3 Å². The molecule has 140 valence electrons. The standard InChI is InChI=1S/C22H17BrClN3S/c23-20-6-2-1-5-19(20)21-15-28-22(26-18-4-3-12-25-14-18)27(21)13-11-16-7-9-17(24)10-8-16/h1-10,12,14-15H,11,13H2. The number of halogens is 2. The van der Waals surface area contributed by atoms with Crippen molar-refractivity contribution in [2.75, 3.05) is 0 Å². The van der Waals surface area contributed by atoms with E-state index in [1.54, 1.807) is 23.7 Å². The predicted octanol–water partition coefficient (Wildman–Crippen LogP) is 6.50. The molecule has 0 saturated carbocycles. The third kappa shape index (κ3) is 4.43. The number of aryl methyl sites for hydroxylation is 1. The minimum Gasteiger partial charge on any atom is -0.316 e. The Bertz CT molecular complexity index is 1130. The number of rotatable bonds is 5. The summed E-state index contributed by atoms with van der Waals surface area (Å²) in [6, 6.07) is 20.2. The first-order valence-electron chi connectivity index (χ1n) is 8.83. The van der Waals surface area contributed by atoms with E-state index in [9.17, 15) is 0 Å². The fourth-order valence-corrected chi connectivity index (χ4v) is 4.50. The number of aromatic nitrogens is 2.